The van der Waals surface area contributed by atoms with E-state index in [1.165, 1.54) is 11.1 Å². The number of para-hydroxylation sites is 1. The Labute approximate surface area is 202 Å². The fraction of sp³-hybridized carbons (Fsp3) is 0.417. The normalized spacial score (nSPS) is 12.7. The summed E-state index contributed by atoms with van der Waals surface area (Å²) in [6.07, 6.45) is 2.18. The van der Waals surface area contributed by atoms with Crippen LogP contribution in [0.15, 0.2) is 59.6 Å². The third-order valence-corrected chi connectivity index (χ3v) is 4.98. The van der Waals surface area contributed by atoms with Gasteiger partial charge < -0.3 is 20.3 Å². The lowest BCUT2D eigenvalue weighted by atomic mass is 10.1. The third kappa shape index (κ3) is 8.40. The van der Waals surface area contributed by atoms with Gasteiger partial charge in [0.25, 0.3) is 0 Å². The van der Waals surface area contributed by atoms with Crippen molar-refractivity contribution in [1.29, 1.82) is 0 Å². The van der Waals surface area contributed by atoms with Crippen molar-refractivity contribution in [3.05, 3.63) is 65.7 Å². The van der Waals surface area contributed by atoms with E-state index in [4.69, 9.17) is 4.74 Å². The van der Waals surface area contributed by atoms with Gasteiger partial charge in [-0.25, -0.2) is 0 Å². The monoisotopic (exact) mass is 536 g/mol. The molecule has 0 unspecified atom stereocenters. The molecule has 0 spiro atoms. The second-order valence-electron chi connectivity index (χ2n) is 7.32. The zero-order chi connectivity index (χ0) is 21.0. The average molecular weight is 536 g/mol. The van der Waals surface area contributed by atoms with E-state index < -0.39 is 0 Å². The van der Waals surface area contributed by atoms with Gasteiger partial charge in [-0.1, -0.05) is 42.5 Å². The largest absolute Gasteiger partial charge is 0.494 e. The first-order valence-electron chi connectivity index (χ1n) is 10.8. The molecule has 6 nitrogen and oxygen atoms in total. The summed E-state index contributed by atoms with van der Waals surface area (Å²) in [5, 5.41) is 6.57. The van der Waals surface area contributed by atoms with Crippen molar-refractivity contribution < 1.29 is 9.53 Å². The van der Waals surface area contributed by atoms with E-state index in [0.717, 1.165) is 50.7 Å². The highest BCUT2D eigenvalue weighted by atomic mass is 127. The first-order chi connectivity index (χ1) is 14.8. The number of fused-ring (bicyclic) bond motifs is 1. The lowest BCUT2D eigenvalue weighted by Crippen LogP contribution is -2.38. The third-order valence-electron chi connectivity index (χ3n) is 4.98. The predicted octanol–water partition coefficient (Wildman–Crippen LogP) is 3.95. The lowest BCUT2D eigenvalue weighted by Gasteiger charge is -2.16. The van der Waals surface area contributed by atoms with Gasteiger partial charge in [-0.05, 0) is 36.6 Å². The molecule has 2 aromatic carbocycles. The predicted molar refractivity (Wildman–Crippen MR) is 136 cm³/mol. The molecule has 1 amide bonds. The molecule has 0 aromatic heterocycles. The quantitative estimate of drug-likeness (QED) is 0.209. The number of halogens is 1. The summed E-state index contributed by atoms with van der Waals surface area (Å²) in [4.78, 5) is 19.0. The molecule has 1 aliphatic rings. The molecular weight excluding hydrogens is 503 g/mol. The number of hydrogen-bond donors (Lipinski definition) is 2. The number of nitrogens with zero attached hydrogens (tertiary/aromatic N) is 2. The van der Waals surface area contributed by atoms with Gasteiger partial charge >= 0.3 is 0 Å². The number of hydrogen-bond acceptors (Lipinski definition) is 3. The van der Waals surface area contributed by atoms with E-state index in [2.05, 4.69) is 27.8 Å². The zero-order valence-corrected chi connectivity index (χ0v) is 20.5. The fourth-order valence-electron chi connectivity index (χ4n) is 3.42. The molecule has 1 aliphatic heterocycles. The molecule has 0 radical (unpaired) electrons. The number of carbonyl (C=O) groups is 1. The van der Waals surface area contributed by atoms with Gasteiger partial charge in [0.1, 0.15) is 5.75 Å². The molecule has 0 aliphatic carbocycles. The Morgan fingerprint density at radius 1 is 1.00 bits per heavy atom. The minimum Gasteiger partial charge on any atom is -0.494 e. The fourth-order valence-corrected chi connectivity index (χ4v) is 3.42. The molecule has 0 fully saturated rings. The maximum atomic E-state index is 12.5. The Balaban J connectivity index is 0.00000341. The SMILES string of the molecule is CCNC(=NCCCOc1ccccc1)NCCCC(=O)N1Cc2ccccc2C1.I. The van der Waals surface area contributed by atoms with E-state index in [1.54, 1.807) is 0 Å². The number of ether oxygens (including phenoxy) is 1. The number of amides is 1. The second kappa shape index (κ2) is 13.9. The van der Waals surface area contributed by atoms with Crippen LogP contribution in [0.5, 0.6) is 5.75 Å². The number of carbonyl (C=O) groups excluding carboxylic acids is 1. The van der Waals surface area contributed by atoms with Crippen LogP contribution in [-0.4, -0.2) is 43.0 Å². The standard InChI is InChI=1S/C24H32N4O2.HI/c1-2-25-24(27-16-9-17-30-22-12-4-3-5-13-22)26-15-8-14-23(29)28-18-20-10-6-7-11-21(20)19-28;/h3-7,10-13H,2,8-9,14-19H2,1H3,(H2,25,26,27);1H. The van der Waals surface area contributed by atoms with Gasteiger partial charge in [-0.3, -0.25) is 9.79 Å². The van der Waals surface area contributed by atoms with E-state index in [-0.39, 0.29) is 29.9 Å². The van der Waals surface area contributed by atoms with Crippen molar-refractivity contribution in [2.75, 3.05) is 26.2 Å². The summed E-state index contributed by atoms with van der Waals surface area (Å²) >= 11 is 0. The van der Waals surface area contributed by atoms with Crippen molar-refractivity contribution in [1.82, 2.24) is 15.5 Å². The summed E-state index contributed by atoms with van der Waals surface area (Å²) < 4.78 is 5.69. The molecule has 0 bridgehead atoms. The number of nitrogens with one attached hydrogen (secondary N) is 2. The minimum absolute atomic E-state index is 0. The molecule has 2 N–H and O–H groups in total. The highest BCUT2D eigenvalue weighted by molar-refractivity contribution is 14.0. The number of guanidine groups is 1. The van der Waals surface area contributed by atoms with E-state index in [9.17, 15) is 4.79 Å². The van der Waals surface area contributed by atoms with Gasteiger partial charge in [0.05, 0.1) is 6.61 Å². The summed E-state index contributed by atoms with van der Waals surface area (Å²) in [6, 6.07) is 18.1. The van der Waals surface area contributed by atoms with Crippen LogP contribution < -0.4 is 15.4 Å². The van der Waals surface area contributed by atoms with E-state index >= 15 is 0 Å². The summed E-state index contributed by atoms with van der Waals surface area (Å²) in [5.74, 6) is 1.89. The average Bonchev–Trinajstić information content (AvgIpc) is 3.21. The number of aliphatic imine (C=N–C) groups is 1. The maximum absolute atomic E-state index is 12.5. The first-order valence-corrected chi connectivity index (χ1v) is 10.8. The van der Waals surface area contributed by atoms with Crippen molar-refractivity contribution in [3.8, 4) is 5.75 Å². The van der Waals surface area contributed by atoms with Gasteiger partial charge in [-0.2, -0.15) is 0 Å². The Morgan fingerprint density at radius 2 is 1.68 bits per heavy atom. The zero-order valence-electron chi connectivity index (χ0n) is 18.2. The van der Waals surface area contributed by atoms with Gasteiger partial charge in [-0.15, -0.1) is 24.0 Å². The van der Waals surface area contributed by atoms with Crippen LogP contribution in [0, 0.1) is 0 Å². The second-order valence-corrected chi connectivity index (χ2v) is 7.32. The minimum atomic E-state index is 0. The highest BCUT2D eigenvalue weighted by Crippen LogP contribution is 2.22. The molecule has 2 aromatic rings. The van der Waals surface area contributed by atoms with Crippen molar-refractivity contribution >= 4 is 35.8 Å². The van der Waals surface area contributed by atoms with Crippen LogP contribution in [0.3, 0.4) is 0 Å². The van der Waals surface area contributed by atoms with Crippen LogP contribution in [0.1, 0.15) is 37.3 Å². The Hall–Kier alpha value is -2.29. The van der Waals surface area contributed by atoms with Gasteiger partial charge in [0, 0.05) is 45.6 Å². The van der Waals surface area contributed by atoms with E-state index in [0.29, 0.717) is 19.6 Å². The van der Waals surface area contributed by atoms with Crippen molar-refractivity contribution in [2.24, 2.45) is 4.99 Å². The summed E-state index contributed by atoms with van der Waals surface area (Å²) in [6.45, 7) is 6.36. The molecule has 0 saturated heterocycles. The molecule has 0 atom stereocenters. The molecule has 31 heavy (non-hydrogen) atoms. The molecule has 0 saturated carbocycles. The summed E-state index contributed by atoms with van der Waals surface area (Å²) in [5.41, 5.74) is 2.53. The van der Waals surface area contributed by atoms with Crippen molar-refractivity contribution in [3.63, 3.8) is 0 Å². The molecule has 3 rings (SSSR count). The van der Waals surface area contributed by atoms with Crippen LogP contribution in [0.25, 0.3) is 0 Å². The Kier molecular flexibility index (Phi) is 11.2. The highest BCUT2D eigenvalue weighted by Gasteiger charge is 2.22. The number of benzene rings is 2. The Morgan fingerprint density at radius 3 is 2.35 bits per heavy atom. The van der Waals surface area contributed by atoms with Crippen LogP contribution in [0.4, 0.5) is 0 Å². The van der Waals surface area contributed by atoms with Crippen LogP contribution >= 0.6 is 24.0 Å². The molecule has 168 valence electrons. The van der Waals surface area contributed by atoms with Gasteiger partial charge in [0.15, 0.2) is 5.96 Å². The Bertz CT molecular complexity index is 804. The van der Waals surface area contributed by atoms with Crippen LogP contribution in [-0.2, 0) is 17.9 Å². The van der Waals surface area contributed by atoms with Crippen molar-refractivity contribution in [2.45, 2.75) is 39.3 Å². The molecular formula is C24H33IN4O2. The van der Waals surface area contributed by atoms with E-state index in [1.807, 2.05) is 54.3 Å². The maximum Gasteiger partial charge on any atom is 0.223 e. The lowest BCUT2D eigenvalue weighted by molar-refractivity contribution is -0.131. The summed E-state index contributed by atoms with van der Waals surface area (Å²) in [7, 11) is 0. The van der Waals surface area contributed by atoms with Gasteiger partial charge in [0.2, 0.25) is 5.91 Å². The molecule has 7 heteroatoms. The smallest absolute Gasteiger partial charge is 0.223 e. The number of rotatable bonds is 10. The first kappa shape index (κ1) is 25.0. The topological polar surface area (TPSA) is 66.0 Å². The molecule has 1 heterocycles. The van der Waals surface area contributed by atoms with Crippen LogP contribution in [0.2, 0.25) is 0 Å².